The van der Waals surface area contributed by atoms with Gasteiger partial charge in [0.15, 0.2) is 40.6 Å². The van der Waals surface area contributed by atoms with Gasteiger partial charge in [0.25, 0.3) is 0 Å². The van der Waals surface area contributed by atoms with Gasteiger partial charge in [-0.25, -0.2) is 0 Å². The highest BCUT2D eigenvalue weighted by Gasteiger charge is 2.39. The largest absolute Gasteiger partial charge is 0.508 e. The summed E-state index contributed by atoms with van der Waals surface area (Å²) in [5.41, 5.74) is 1.40. The Morgan fingerprint density at radius 2 is 1.73 bits per heavy atom. The lowest BCUT2D eigenvalue weighted by molar-refractivity contribution is 0.0132. The van der Waals surface area contributed by atoms with Crippen LogP contribution in [0, 0.1) is 6.92 Å². The Labute approximate surface area is 226 Å². The number of phenols is 3. The number of benzene rings is 3. The first kappa shape index (κ1) is 25.1. The van der Waals surface area contributed by atoms with Gasteiger partial charge in [0.05, 0.1) is 13.7 Å². The van der Waals surface area contributed by atoms with Crippen molar-refractivity contribution >= 4 is 11.0 Å². The molecule has 6 rings (SSSR count). The van der Waals surface area contributed by atoms with Crippen molar-refractivity contribution in [2.24, 2.45) is 0 Å². The molecule has 204 valence electrons. The average molecular weight is 546 g/mol. The molecule has 0 bridgehead atoms. The molecule has 2 unspecified atom stereocenters. The van der Waals surface area contributed by atoms with Gasteiger partial charge in [-0.05, 0) is 37.3 Å². The first-order valence-electron chi connectivity index (χ1n) is 12.2. The zero-order chi connectivity index (χ0) is 28.1. The fourth-order valence-corrected chi connectivity index (χ4v) is 4.78. The predicted octanol–water partition coefficient (Wildman–Crippen LogP) is 4.63. The summed E-state index contributed by atoms with van der Waals surface area (Å²) >= 11 is 0. The molecule has 3 aromatic carbocycles. The van der Waals surface area contributed by atoms with Crippen LogP contribution in [0.2, 0.25) is 0 Å². The third kappa shape index (κ3) is 4.12. The quantitative estimate of drug-likeness (QED) is 0.243. The fraction of sp³-hybridized carbons (Fsp3) is 0.172. The lowest BCUT2D eigenvalue weighted by Gasteiger charge is -2.34. The maximum Gasteiger partial charge on any atom is 0.197 e. The van der Waals surface area contributed by atoms with Crippen molar-refractivity contribution in [2.45, 2.75) is 25.7 Å². The van der Waals surface area contributed by atoms with E-state index in [1.807, 2.05) is 0 Å². The second kappa shape index (κ2) is 9.54. The Hall–Kier alpha value is -5.16. The molecule has 3 heterocycles. The molecule has 1 aliphatic rings. The molecule has 1 aliphatic heterocycles. The normalized spacial score (nSPS) is 16.3. The number of methoxy groups -OCH3 is 1. The highest BCUT2D eigenvalue weighted by Crippen LogP contribution is 2.48. The molecule has 4 N–H and O–H groups in total. The summed E-state index contributed by atoms with van der Waals surface area (Å²) in [6.07, 6.45) is -1.65. The third-order valence-corrected chi connectivity index (χ3v) is 6.78. The minimum atomic E-state index is -0.836. The summed E-state index contributed by atoms with van der Waals surface area (Å²) in [6, 6.07) is 13.2. The van der Waals surface area contributed by atoms with Crippen LogP contribution in [0.4, 0.5) is 0 Å². The SMILES string of the molecule is COc1cc(C2Oc3cc(-c4cc(=O)c5c(O)cc(O)cc5o4)ccc3OC2c2noc(C)c2CO)ccc1O. The molecule has 0 aliphatic carbocycles. The number of fused-ring (bicyclic) bond motifs is 2. The van der Waals surface area contributed by atoms with Crippen LogP contribution < -0.4 is 19.6 Å². The van der Waals surface area contributed by atoms with Crippen molar-refractivity contribution in [3.8, 4) is 45.8 Å². The Morgan fingerprint density at radius 3 is 2.50 bits per heavy atom. The van der Waals surface area contributed by atoms with Crippen LogP contribution >= 0.6 is 0 Å². The number of hydrogen-bond acceptors (Lipinski definition) is 11. The molecular formula is C29H23NO10. The van der Waals surface area contributed by atoms with Crippen molar-refractivity contribution in [3.05, 3.63) is 87.4 Å². The summed E-state index contributed by atoms with van der Waals surface area (Å²) in [5.74, 6) is 0.816. The summed E-state index contributed by atoms with van der Waals surface area (Å²) < 4.78 is 29.2. The highest BCUT2D eigenvalue weighted by molar-refractivity contribution is 5.86. The van der Waals surface area contributed by atoms with Crippen LogP contribution in [-0.4, -0.2) is 32.7 Å². The van der Waals surface area contributed by atoms with E-state index in [2.05, 4.69) is 5.16 Å². The van der Waals surface area contributed by atoms with Crippen molar-refractivity contribution in [1.82, 2.24) is 5.16 Å². The molecule has 2 aromatic heterocycles. The number of nitrogens with zero attached hydrogens (tertiary/aromatic N) is 1. The van der Waals surface area contributed by atoms with Crippen LogP contribution in [0.25, 0.3) is 22.3 Å². The van der Waals surface area contributed by atoms with E-state index in [9.17, 15) is 25.2 Å². The van der Waals surface area contributed by atoms with E-state index in [4.69, 9.17) is 23.2 Å². The maximum atomic E-state index is 12.8. The maximum absolute atomic E-state index is 12.8. The van der Waals surface area contributed by atoms with Gasteiger partial charge in [0.1, 0.15) is 39.7 Å². The number of aliphatic hydroxyl groups is 1. The molecule has 5 aromatic rings. The summed E-state index contributed by atoms with van der Waals surface area (Å²) in [7, 11) is 1.43. The van der Waals surface area contributed by atoms with Gasteiger partial charge in [-0.1, -0.05) is 11.2 Å². The minimum Gasteiger partial charge on any atom is -0.508 e. The smallest absolute Gasteiger partial charge is 0.197 e. The Bertz CT molecular complexity index is 1820. The molecule has 0 spiro atoms. The van der Waals surface area contributed by atoms with Gasteiger partial charge in [-0.2, -0.15) is 0 Å². The van der Waals surface area contributed by atoms with Gasteiger partial charge in [-0.15, -0.1) is 0 Å². The van der Waals surface area contributed by atoms with Gasteiger partial charge in [0.2, 0.25) is 0 Å². The molecule has 0 saturated carbocycles. The van der Waals surface area contributed by atoms with Crippen molar-refractivity contribution in [3.63, 3.8) is 0 Å². The number of aromatic nitrogens is 1. The molecule has 11 heteroatoms. The fourth-order valence-electron chi connectivity index (χ4n) is 4.78. The minimum absolute atomic E-state index is 0.0157. The van der Waals surface area contributed by atoms with Crippen LogP contribution in [0.15, 0.2) is 68.3 Å². The first-order chi connectivity index (χ1) is 19.3. The van der Waals surface area contributed by atoms with Gasteiger partial charge in [0, 0.05) is 34.9 Å². The van der Waals surface area contributed by atoms with Crippen molar-refractivity contribution < 1.29 is 43.6 Å². The standard InChI is InChI=1S/C29H23NO10/c1-13-17(12-31)27(30-40-13)29-28(15-3-5-18(33)23(8-15)36-2)39-24-7-14(4-6-21(24)38-29)22-11-20(35)26-19(34)9-16(32)10-25(26)37-22/h3-11,28-29,31-34H,12H2,1-2H3. The van der Waals surface area contributed by atoms with Crippen molar-refractivity contribution in [1.29, 1.82) is 0 Å². The number of aliphatic hydroxyl groups excluding tert-OH is 1. The lowest BCUT2D eigenvalue weighted by atomic mass is 9.97. The molecule has 0 radical (unpaired) electrons. The van der Waals surface area contributed by atoms with Gasteiger partial charge >= 0.3 is 0 Å². The van der Waals surface area contributed by atoms with E-state index < -0.39 is 17.6 Å². The molecular weight excluding hydrogens is 522 g/mol. The van der Waals surface area contributed by atoms with Gasteiger partial charge < -0.3 is 43.6 Å². The van der Waals surface area contributed by atoms with E-state index in [1.54, 1.807) is 37.3 Å². The Balaban J connectivity index is 1.46. The van der Waals surface area contributed by atoms with Crippen LogP contribution in [0.5, 0.6) is 34.5 Å². The van der Waals surface area contributed by atoms with E-state index >= 15 is 0 Å². The topological polar surface area (TPSA) is 165 Å². The Kier molecular flexibility index (Phi) is 6.00. The second-order valence-corrected chi connectivity index (χ2v) is 9.24. The Morgan fingerprint density at radius 1 is 0.925 bits per heavy atom. The molecule has 0 fully saturated rings. The number of aryl methyl sites for hydroxylation is 1. The summed E-state index contributed by atoms with van der Waals surface area (Å²) in [6.45, 7) is 1.36. The molecule has 0 amide bonds. The monoisotopic (exact) mass is 545 g/mol. The number of phenolic OH excluding ortho intramolecular Hbond substituents is 3. The predicted molar refractivity (Wildman–Crippen MR) is 140 cm³/mol. The van der Waals surface area contributed by atoms with Gasteiger partial charge in [-0.3, -0.25) is 4.79 Å². The van der Waals surface area contributed by atoms with E-state index in [0.717, 1.165) is 6.07 Å². The number of aromatic hydroxyl groups is 3. The molecule has 0 saturated heterocycles. The molecule has 2 atom stereocenters. The van der Waals surface area contributed by atoms with Crippen LogP contribution in [0.1, 0.15) is 34.8 Å². The van der Waals surface area contributed by atoms with E-state index in [1.165, 1.54) is 25.3 Å². The average Bonchev–Trinajstić information content (AvgIpc) is 3.31. The molecule has 11 nitrogen and oxygen atoms in total. The number of rotatable bonds is 5. The molecule has 40 heavy (non-hydrogen) atoms. The zero-order valence-corrected chi connectivity index (χ0v) is 21.2. The van der Waals surface area contributed by atoms with Crippen molar-refractivity contribution in [2.75, 3.05) is 7.11 Å². The third-order valence-electron chi connectivity index (χ3n) is 6.78. The summed E-state index contributed by atoms with van der Waals surface area (Å²) in [5, 5.41) is 44.1. The lowest BCUT2D eigenvalue weighted by Crippen LogP contribution is -2.27. The van der Waals surface area contributed by atoms with E-state index in [-0.39, 0.29) is 46.3 Å². The highest BCUT2D eigenvalue weighted by atomic mass is 16.6. The zero-order valence-electron chi connectivity index (χ0n) is 21.2. The number of hydrogen-bond donors (Lipinski definition) is 4. The van der Waals surface area contributed by atoms with Crippen LogP contribution in [0.3, 0.4) is 0 Å². The second-order valence-electron chi connectivity index (χ2n) is 9.24. The van der Waals surface area contributed by atoms with E-state index in [0.29, 0.717) is 39.6 Å². The number of ether oxygens (including phenoxy) is 3. The summed E-state index contributed by atoms with van der Waals surface area (Å²) in [4.78, 5) is 12.8. The first-order valence-corrected chi connectivity index (χ1v) is 12.2. The van der Waals surface area contributed by atoms with Crippen LogP contribution in [-0.2, 0) is 6.61 Å².